The summed E-state index contributed by atoms with van der Waals surface area (Å²) in [5.74, 6) is 1.71. The van der Waals surface area contributed by atoms with E-state index in [4.69, 9.17) is 4.52 Å². The molecular formula is C23H31FN4O2. The lowest BCUT2D eigenvalue weighted by molar-refractivity contribution is -0.133. The van der Waals surface area contributed by atoms with Gasteiger partial charge in [0.2, 0.25) is 5.91 Å². The van der Waals surface area contributed by atoms with E-state index >= 15 is 0 Å². The van der Waals surface area contributed by atoms with E-state index < -0.39 is 0 Å². The summed E-state index contributed by atoms with van der Waals surface area (Å²) in [6.07, 6.45) is 8.85. The number of hydrogen-bond donors (Lipinski definition) is 0. The van der Waals surface area contributed by atoms with E-state index in [0.717, 1.165) is 57.4 Å². The minimum Gasteiger partial charge on any atom is -0.342 e. The summed E-state index contributed by atoms with van der Waals surface area (Å²) in [6, 6.07) is 6.07. The normalized spacial score (nSPS) is 19.0. The van der Waals surface area contributed by atoms with E-state index in [2.05, 4.69) is 15.0 Å². The molecule has 0 aliphatic carbocycles. The molecule has 2 saturated heterocycles. The molecule has 0 unspecified atom stereocenters. The highest BCUT2D eigenvalue weighted by atomic mass is 19.1. The highest BCUT2D eigenvalue weighted by Crippen LogP contribution is 2.23. The molecule has 1 aromatic carbocycles. The Morgan fingerprint density at radius 1 is 1.03 bits per heavy atom. The summed E-state index contributed by atoms with van der Waals surface area (Å²) in [5.41, 5.74) is 0.728. The number of hydrogen-bond acceptors (Lipinski definition) is 5. The van der Waals surface area contributed by atoms with E-state index in [1.807, 2.05) is 4.90 Å². The Bertz CT molecular complexity index is 807. The lowest BCUT2D eigenvalue weighted by atomic mass is 9.92. The van der Waals surface area contributed by atoms with E-state index in [-0.39, 0.29) is 11.7 Å². The predicted octanol–water partition coefficient (Wildman–Crippen LogP) is 3.92. The molecule has 1 amide bonds. The van der Waals surface area contributed by atoms with Crippen molar-refractivity contribution in [1.29, 1.82) is 0 Å². The first kappa shape index (κ1) is 21.0. The van der Waals surface area contributed by atoms with Crippen molar-refractivity contribution in [2.75, 3.05) is 32.7 Å². The fourth-order valence-electron chi connectivity index (χ4n) is 4.46. The lowest BCUT2D eigenvalue weighted by Gasteiger charge is -2.33. The first-order valence-electron chi connectivity index (χ1n) is 11.3. The minimum absolute atomic E-state index is 0.283. The van der Waals surface area contributed by atoms with Gasteiger partial charge in [-0.15, -0.1) is 0 Å². The Kier molecular flexibility index (Phi) is 7.10. The Hall–Kier alpha value is -2.28. The van der Waals surface area contributed by atoms with Crippen LogP contribution in [0, 0.1) is 11.7 Å². The van der Waals surface area contributed by atoms with Crippen LogP contribution in [0.4, 0.5) is 4.39 Å². The van der Waals surface area contributed by atoms with Crippen LogP contribution >= 0.6 is 0 Å². The number of carbonyl (C=O) groups is 1. The van der Waals surface area contributed by atoms with Crippen molar-refractivity contribution in [3.05, 3.63) is 35.9 Å². The Balaban J connectivity index is 1.20. The van der Waals surface area contributed by atoms with Crippen LogP contribution in [0.3, 0.4) is 0 Å². The maximum absolute atomic E-state index is 13.1. The second-order valence-corrected chi connectivity index (χ2v) is 8.58. The van der Waals surface area contributed by atoms with Crippen molar-refractivity contribution in [3.8, 4) is 11.5 Å². The zero-order valence-corrected chi connectivity index (χ0v) is 17.6. The number of piperidine rings is 1. The molecule has 7 heteroatoms. The van der Waals surface area contributed by atoms with Crippen molar-refractivity contribution in [2.24, 2.45) is 5.92 Å². The van der Waals surface area contributed by atoms with Gasteiger partial charge in [0.1, 0.15) is 5.82 Å². The second kappa shape index (κ2) is 10.2. The molecule has 0 bridgehead atoms. The SMILES string of the molecule is O=C(CN1CCCCCC1)N1CCC(CCc2noc(-c3ccc(F)cc3)n2)CC1. The average molecular weight is 415 g/mol. The van der Waals surface area contributed by atoms with Gasteiger partial charge in [-0.2, -0.15) is 4.98 Å². The van der Waals surface area contributed by atoms with E-state index in [1.165, 1.54) is 37.8 Å². The molecule has 3 heterocycles. The maximum atomic E-state index is 13.1. The molecule has 1 aromatic heterocycles. The summed E-state index contributed by atoms with van der Waals surface area (Å²) in [7, 11) is 0. The first-order chi connectivity index (χ1) is 14.7. The second-order valence-electron chi connectivity index (χ2n) is 8.58. The van der Waals surface area contributed by atoms with E-state index in [9.17, 15) is 9.18 Å². The molecule has 0 N–H and O–H groups in total. The van der Waals surface area contributed by atoms with Gasteiger partial charge in [0.05, 0.1) is 6.54 Å². The molecule has 30 heavy (non-hydrogen) atoms. The zero-order chi connectivity index (χ0) is 20.8. The zero-order valence-electron chi connectivity index (χ0n) is 17.6. The van der Waals surface area contributed by atoms with Crippen LogP contribution in [-0.4, -0.2) is 58.6 Å². The molecule has 0 spiro atoms. The van der Waals surface area contributed by atoms with Gasteiger partial charge < -0.3 is 9.42 Å². The molecule has 0 radical (unpaired) electrons. The van der Waals surface area contributed by atoms with Crippen molar-refractivity contribution >= 4 is 5.91 Å². The number of carbonyl (C=O) groups excluding carboxylic acids is 1. The van der Waals surface area contributed by atoms with Crippen LogP contribution in [0.15, 0.2) is 28.8 Å². The van der Waals surface area contributed by atoms with E-state index in [1.54, 1.807) is 12.1 Å². The highest BCUT2D eigenvalue weighted by molar-refractivity contribution is 5.78. The van der Waals surface area contributed by atoms with Crippen LogP contribution < -0.4 is 0 Å². The molecule has 0 saturated carbocycles. The summed E-state index contributed by atoms with van der Waals surface area (Å²) in [5, 5.41) is 4.07. The topological polar surface area (TPSA) is 62.5 Å². The molecule has 2 aliphatic heterocycles. The van der Waals surface area contributed by atoms with E-state index in [0.29, 0.717) is 24.2 Å². The van der Waals surface area contributed by atoms with Crippen LogP contribution in [0.25, 0.3) is 11.5 Å². The van der Waals surface area contributed by atoms with Gasteiger partial charge in [-0.05, 0) is 75.4 Å². The number of aromatic nitrogens is 2. The summed E-state index contributed by atoms with van der Waals surface area (Å²) in [6.45, 7) is 4.41. The van der Waals surface area contributed by atoms with Gasteiger partial charge in [-0.1, -0.05) is 18.0 Å². The molecule has 2 aromatic rings. The highest BCUT2D eigenvalue weighted by Gasteiger charge is 2.24. The molecule has 4 rings (SSSR count). The molecule has 6 nitrogen and oxygen atoms in total. The number of aryl methyl sites for hydroxylation is 1. The van der Waals surface area contributed by atoms with Crippen molar-refractivity contribution in [2.45, 2.75) is 51.4 Å². The average Bonchev–Trinajstić information content (AvgIpc) is 3.09. The predicted molar refractivity (Wildman–Crippen MR) is 112 cm³/mol. The van der Waals surface area contributed by atoms with Crippen molar-refractivity contribution in [3.63, 3.8) is 0 Å². The standard InChI is InChI=1S/C23H31FN4O2/c24-20-8-6-19(7-9-20)23-25-21(26-30-23)10-5-18-11-15-28(16-12-18)22(29)17-27-13-3-1-2-4-14-27/h6-9,18H,1-5,10-17H2. The number of halogens is 1. The molecule has 162 valence electrons. The number of rotatable bonds is 6. The fourth-order valence-corrected chi connectivity index (χ4v) is 4.46. The van der Waals surface area contributed by atoms with Gasteiger partial charge in [0.25, 0.3) is 5.89 Å². The third-order valence-corrected chi connectivity index (χ3v) is 6.36. The van der Waals surface area contributed by atoms with Gasteiger partial charge in [0.15, 0.2) is 5.82 Å². The maximum Gasteiger partial charge on any atom is 0.257 e. The van der Waals surface area contributed by atoms with Crippen LogP contribution in [-0.2, 0) is 11.2 Å². The Morgan fingerprint density at radius 3 is 2.43 bits per heavy atom. The summed E-state index contributed by atoms with van der Waals surface area (Å²) < 4.78 is 18.4. The Labute approximate surface area is 177 Å². The summed E-state index contributed by atoms with van der Waals surface area (Å²) >= 11 is 0. The van der Waals surface area contributed by atoms with Gasteiger partial charge in [-0.3, -0.25) is 9.69 Å². The number of benzene rings is 1. The Morgan fingerprint density at radius 2 is 1.73 bits per heavy atom. The molecule has 2 fully saturated rings. The monoisotopic (exact) mass is 414 g/mol. The van der Waals surface area contributed by atoms with Gasteiger partial charge in [-0.25, -0.2) is 4.39 Å². The van der Waals surface area contributed by atoms with Crippen molar-refractivity contribution in [1.82, 2.24) is 19.9 Å². The smallest absolute Gasteiger partial charge is 0.257 e. The van der Waals surface area contributed by atoms with Crippen LogP contribution in [0.1, 0.15) is 50.8 Å². The van der Waals surface area contributed by atoms with Gasteiger partial charge in [0, 0.05) is 25.1 Å². The van der Waals surface area contributed by atoms with Gasteiger partial charge >= 0.3 is 0 Å². The number of likely N-dealkylation sites (tertiary alicyclic amines) is 2. The van der Waals surface area contributed by atoms with Crippen LogP contribution in [0.2, 0.25) is 0 Å². The minimum atomic E-state index is -0.283. The molecule has 0 atom stereocenters. The quantitative estimate of drug-likeness (QED) is 0.717. The van der Waals surface area contributed by atoms with Crippen LogP contribution in [0.5, 0.6) is 0 Å². The molecule has 2 aliphatic rings. The lowest BCUT2D eigenvalue weighted by Crippen LogP contribution is -2.44. The number of amides is 1. The third-order valence-electron chi connectivity index (χ3n) is 6.36. The first-order valence-corrected chi connectivity index (χ1v) is 11.3. The largest absolute Gasteiger partial charge is 0.342 e. The summed E-state index contributed by atoms with van der Waals surface area (Å²) in [4.78, 5) is 21.5. The van der Waals surface area contributed by atoms with Crippen molar-refractivity contribution < 1.29 is 13.7 Å². The third kappa shape index (κ3) is 5.65. The molecular weight excluding hydrogens is 383 g/mol. The fraction of sp³-hybridized carbons (Fsp3) is 0.609. The number of nitrogens with zero attached hydrogens (tertiary/aromatic N) is 4.